The molecule has 1 heterocycles. The average molecular weight is 233 g/mol. The van der Waals surface area contributed by atoms with E-state index in [1.54, 1.807) is 0 Å². The lowest BCUT2D eigenvalue weighted by Gasteiger charge is -1.95. The van der Waals surface area contributed by atoms with Gasteiger partial charge in [0.05, 0.1) is 13.5 Å². The first-order valence-electron chi connectivity index (χ1n) is 4.05. The molecule has 0 amide bonds. The summed E-state index contributed by atoms with van der Waals surface area (Å²) in [4.78, 5) is 33.2. The maximum atomic E-state index is 11.2. The summed E-state index contributed by atoms with van der Waals surface area (Å²) in [6.45, 7) is 0. The third-order valence-electron chi connectivity index (χ3n) is 1.74. The summed E-state index contributed by atoms with van der Waals surface area (Å²) < 4.78 is 5.35. The summed E-state index contributed by atoms with van der Waals surface area (Å²) in [6.07, 6.45) is 1.07. The number of carbonyl (C=O) groups is 2. The third kappa shape index (κ3) is 2.69. The molecule has 82 valence electrons. The van der Waals surface area contributed by atoms with Crippen LogP contribution in [0.25, 0.3) is 0 Å². The Kier molecular flexibility index (Phi) is 3.68. The Bertz CT molecular complexity index is 434. The number of halogens is 1. The molecule has 1 rings (SSSR count). The number of methoxy groups -OCH3 is 1. The number of nitrogens with one attached hydrogen (secondary N) is 1. The summed E-state index contributed by atoms with van der Waals surface area (Å²) in [6, 6.07) is 0. The topological polar surface area (TPSA) is 81.2 Å². The molecule has 1 N–H and O–H groups in total. The van der Waals surface area contributed by atoms with Crippen LogP contribution in [0.2, 0.25) is 0 Å². The number of alkyl halides is 1. The number of hydrogen-bond acceptors (Lipinski definition) is 4. The molecular formula is C8H9ClN2O4. The molecule has 0 saturated heterocycles. The van der Waals surface area contributed by atoms with Crippen LogP contribution in [0.4, 0.5) is 0 Å². The van der Waals surface area contributed by atoms with Gasteiger partial charge in [-0.3, -0.25) is 19.5 Å². The molecule has 0 bridgehead atoms. The highest BCUT2D eigenvalue weighted by Crippen LogP contribution is 1.95. The largest absolute Gasteiger partial charge is 0.469 e. The molecule has 15 heavy (non-hydrogen) atoms. The first-order chi connectivity index (χ1) is 7.08. The average Bonchev–Trinajstić information content (AvgIpc) is 2.59. The molecule has 0 unspecified atom stereocenters. The second-order valence-electron chi connectivity index (χ2n) is 2.75. The Balaban J connectivity index is 2.92. The predicted octanol–water partition coefficient (Wildman–Crippen LogP) is -0.229. The summed E-state index contributed by atoms with van der Waals surface area (Å²) in [5, 5.41) is 2.24. The van der Waals surface area contributed by atoms with E-state index in [1.807, 2.05) is 0 Å². The van der Waals surface area contributed by atoms with Crippen molar-refractivity contribution < 1.29 is 14.3 Å². The van der Waals surface area contributed by atoms with Gasteiger partial charge in [0, 0.05) is 11.8 Å². The molecular weight excluding hydrogens is 224 g/mol. The van der Waals surface area contributed by atoms with E-state index in [1.165, 1.54) is 13.3 Å². The number of nitrogens with zero attached hydrogens (tertiary/aromatic N) is 1. The third-order valence-corrected chi connectivity index (χ3v) is 1.97. The van der Waals surface area contributed by atoms with Gasteiger partial charge in [-0.2, -0.15) is 0 Å². The van der Waals surface area contributed by atoms with Gasteiger partial charge in [-0.15, -0.1) is 11.6 Å². The lowest BCUT2D eigenvalue weighted by molar-refractivity contribution is -0.139. The summed E-state index contributed by atoms with van der Waals surface area (Å²) in [5.41, 5.74) is -0.334. The highest BCUT2D eigenvalue weighted by Gasteiger charge is 2.12. The fraction of sp³-hybridized carbons (Fsp3) is 0.375. The van der Waals surface area contributed by atoms with Crippen molar-refractivity contribution in [2.75, 3.05) is 13.0 Å². The Morgan fingerprint density at radius 3 is 2.80 bits per heavy atom. The number of ether oxygens (including phenoxy) is 1. The molecule has 0 aliphatic rings. The molecule has 7 heteroatoms. The van der Waals surface area contributed by atoms with Gasteiger partial charge in [0.2, 0.25) is 0 Å². The summed E-state index contributed by atoms with van der Waals surface area (Å²) >= 11 is 5.30. The quantitative estimate of drug-likeness (QED) is 0.577. The Morgan fingerprint density at radius 1 is 1.60 bits per heavy atom. The van der Waals surface area contributed by atoms with Crippen LogP contribution >= 0.6 is 11.6 Å². The smallest absolute Gasteiger partial charge is 0.310 e. The minimum Gasteiger partial charge on any atom is -0.469 e. The van der Waals surface area contributed by atoms with Crippen molar-refractivity contribution in [3.63, 3.8) is 0 Å². The number of hydrogen-bond donors (Lipinski definition) is 1. The number of aromatic nitrogens is 2. The Hall–Kier alpha value is -1.56. The number of esters is 1. The van der Waals surface area contributed by atoms with Crippen LogP contribution in [-0.2, 0) is 16.0 Å². The molecule has 0 saturated carbocycles. The van der Waals surface area contributed by atoms with E-state index < -0.39 is 17.4 Å². The van der Waals surface area contributed by atoms with Gasteiger partial charge in [0.25, 0.3) is 11.5 Å². The second-order valence-corrected chi connectivity index (χ2v) is 3.01. The maximum absolute atomic E-state index is 11.2. The van der Waals surface area contributed by atoms with E-state index in [0.29, 0.717) is 0 Å². The lowest BCUT2D eigenvalue weighted by Crippen LogP contribution is -2.16. The fourth-order valence-corrected chi connectivity index (χ4v) is 1.11. The van der Waals surface area contributed by atoms with Gasteiger partial charge in [0.1, 0.15) is 5.88 Å². The van der Waals surface area contributed by atoms with Crippen LogP contribution in [0.5, 0.6) is 0 Å². The standard InChI is InChI=1S/C8H9ClN2O4/c1-15-7(13)2-5-4-11(6(12)3-9)10-8(5)14/h4H,2-3H2,1H3,(H,10,14). The first-order valence-corrected chi connectivity index (χ1v) is 4.58. The van der Waals surface area contributed by atoms with E-state index >= 15 is 0 Å². The van der Waals surface area contributed by atoms with E-state index in [0.717, 1.165) is 4.68 Å². The molecule has 6 nitrogen and oxygen atoms in total. The van der Waals surface area contributed by atoms with Gasteiger partial charge < -0.3 is 4.74 Å². The summed E-state index contributed by atoms with van der Waals surface area (Å²) in [5.74, 6) is -1.26. The molecule has 1 aromatic rings. The van der Waals surface area contributed by atoms with Crippen LogP contribution in [0.1, 0.15) is 10.4 Å². The minimum absolute atomic E-state index is 0.167. The lowest BCUT2D eigenvalue weighted by atomic mass is 10.2. The van der Waals surface area contributed by atoms with Crippen molar-refractivity contribution >= 4 is 23.5 Å². The summed E-state index contributed by atoms with van der Waals surface area (Å²) in [7, 11) is 1.22. The van der Waals surface area contributed by atoms with Crippen LogP contribution in [0.3, 0.4) is 0 Å². The van der Waals surface area contributed by atoms with Gasteiger partial charge in [-0.25, -0.2) is 4.68 Å². The molecule has 0 atom stereocenters. The zero-order valence-corrected chi connectivity index (χ0v) is 8.71. The molecule has 0 radical (unpaired) electrons. The number of rotatable bonds is 3. The van der Waals surface area contributed by atoms with Crippen molar-refractivity contribution in [3.8, 4) is 0 Å². The predicted molar refractivity (Wildman–Crippen MR) is 52.1 cm³/mol. The van der Waals surface area contributed by atoms with Crippen molar-refractivity contribution in [2.24, 2.45) is 0 Å². The van der Waals surface area contributed by atoms with Crippen molar-refractivity contribution in [3.05, 3.63) is 22.1 Å². The van der Waals surface area contributed by atoms with Gasteiger partial charge in [-0.1, -0.05) is 0 Å². The van der Waals surface area contributed by atoms with Gasteiger partial charge >= 0.3 is 5.97 Å². The molecule has 0 aliphatic carbocycles. The number of aromatic amines is 1. The van der Waals surface area contributed by atoms with Crippen molar-refractivity contribution in [1.29, 1.82) is 0 Å². The second kappa shape index (κ2) is 4.79. The minimum atomic E-state index is -0.545. The van der Waals surface area contributed by atoms with Crippen LogP contribution in [0, 0.1) is 0 Å². The molecule has 0 fully saturated rings. The van der Waals surface area contributed by atoms with E-state index in [-0.39, 0.29) is 17.9 Å². The molecule has 0 aliphatic heterocycles. The Labute approximate surface area is 89.8 Å². The van der Waals surface area contributed by atoms with E-state index in [2.05, 4.69) is 9.84 Å². The number of H-pyrrole nitrogens is 1. The zero-order chi connectivity index (χ0) is 11.4. The van der Waals surface area contributed by atoms with Crippen molar-refractivity contribution in [2.45, 2.75) is 6.42 Å². The fourth-order valence-electron chi connectivity index (χ4n) is 0.980. The molecule has 0 spiro atoms. The normalized spacial score (nSPS) is 10.0. The van der Waals surface area contributed by atoms with Crippen LogP contribution < -0.4 is 5.56 Å². The van der Waals surface area contributed by atoms with Gasteiger partial charge in [-0.05, 0) is 0 Å². The molecule has 0 aromatic carbocycles. The highest BCUT2D eigenvalue weighted by molar-refractivity contribution is 6.27. The SMILES string of the molecule is COC(=O)Cc1cn(C(=O)CCl)[nH]c1=O. The highest BCUT2D eigenvalue weighted by atomic mass is 35.5. The van der Waals surface area contributed by atoms with E-state index in [4.69, 9.17) is 11.6 Å². The maximum Gasteiger partial charge on any atom is 0.310 e. The van der Waals surface area contributed by atoms with Crippen LogP contribution in [-0.4, -0.2) is 34.6 Å². The number of carbonyl (C=O) groups excluding carboxylic acids is 2. The molecule has 1 aromatic heterocycles. The van der Waals surface area contributed by atoms with Crippen molar-refractivity contribution in [1.82, 2.24) is 9.78 Å². The zero-order valence-electron chi connectivity index (χ0n) is 7.95. The first kappa shape index (κ1) is 11.5. The van der Waals surface area contributed by atoms with Gasteiger partial charge in [0.15, 0.2) is 0 Å². The van der Waals surface area contributed by atoms with Crippen LogP contribution in [0.15, 0.2) is 11.0 Å². The monoisotopic (exact) mass is 232 g/mol. The Morgan fingerprint density at radius 2 is 2.27 bits per heavy atom. The van der Waals surface area contributed by atoms with E-state index in [9.17, 15) is 14.4 Å².